The monoisotopic (exact) mass is 269 g/mol. The molecule has 0 saturated carbocycles. The average molecular weight is 269 g/mol. The van der Waals surface area contributed by atoms with Gasteiger partial charge in [-0.15, -0.1) is 0 Å². The fraction of sp³-hybridized carbons (Fsp3) is 0.941. The molecular formula is C17H35NO. The predicted octanol–water partition coefficient (Wildman–Crippen LogP) is 5.21. The Morgan fingerprint density at radius 3 is 1.58 bits per heavy atom. The number of hydrogen-bond acceptors (Lipinski definition) is 1. The van der Waals surface area contributed by atoms with Gasteiger partial charge in [0.25, 0.3) is 0 Å². The maximum Gasteiger partial charge on any atom is 0.217 e. The molecule has 2 nitrogen and oxygen atoms in total. The van der Waals surface area contributed by atoms with Gasteiger partial charge in [0.05, 0.1) is 0 Å². The Morgan fingerprint density at radius 2 is 1.21 bits per heavy atom. The van der Waals surface area contributed by atoms with Crippen LogP contribution in [-0.2, 0) is 4.79 Å². The van der Waals surface area contributed by atoms with E-state index in [4.69, 9.17) is 0 Å². The zero-order valence-corrected chi connectivity index (χ0v) is 13.5. The predicted molar refractivity (Wildman–Crippen MR) is 84.4 cm³/mol. The summed E-state index contributed by atoms with van der Waals surface area (Å²) in [6.07, 6.45) is 15.5. The van der Waals surface area contributed by atoms with Crippen molar-refractivity contribution in [1.82, 2.24) is 5.32 Å². The Balaban J connectivity index is 3.66. The third-order valence-corrected chi connectivity index (χ3v) is 3.72. The van der Waals surface area contributed by atoms with E-state index in [1.165, 1.54) is 64.2 Å². The van der Waals surface area contributed by atoms with Crippen molar-refractivity contribution in [2.24, 2.45) is 0 Å². The van der Waals surface area contributed by atoms with Gasteiger partial charge in [-0.05, 0) is 12.8 Å². The first-order valence-corrected chi connectivity index (χ1v) is 8.47. The molecule has 0 aliphatic heterocycles. The molecule has 0 aromatic carbocycles. The van der Waals surface area contributed by atoms with E-state index in [0.717, 1.165) is 12.8 Å². The van der Waals surface area contributed by atoms with Crippen LogP contribution in [0.5, 0.6) is 0 Å². The zero-order valence-electron chi connectivity index (χ0n) is 13.5. The highest BCUT2D eigenvalue weighted by Gasteiger charge is 2.09. The molecule has 0 aliphatic carbocycles. The lowest BCUT2D eigenvalue weighted by atomic mass is 10.0. The van der Waals surface area contributed by atoms with Crippen molar-refractivity contribution in [3.05, 3.63) is 0 Å². The number of carbonyl (C=O) groups excluding carboxylic acids is 1. The minimum absolute atomic E-state index is 0.132. The van der Waals surface area contributed by atoms with Gasteiger partial charge in [0.2, 0.25) is 5.91 Å². The molecule has 0 atom stereocenters. The molecule has 0 aromatic rings. The lowest BCUT2D eigenvalue weighted by Gasteiger charge is -2.17. The Morgan fingerprint density at radius 1 is 0.789 bits per heavy atom. The molecule has 2 heteroatoms. The van der Waals surface area contributed by atoms with Gasteiger partial charge in [-0.1, -0.05) is 78.1 Å². The van der Waals surface area contributed by atoms with Gasteiger partial charge in [-0.3, -0.25) is 4.79 Å². The van der Waals surface area contributed by atoms with Crippen molar-refractivity contribution in [1.29, 1.82) is 0 Å². The van der Waals surface area contributed by atoms with Crippen LogP contribution in [-0.4, -0.2) is 11.9 Å². The Bertz CT molecular complexity index is 189. The lowest BCUT2D eigenvalue weighted by molar-refractivity contribution is -0.119. The second kappa shape index (κ2) is 13.9. The summed E-state index contributed by atoms with van der Waals surface area (Å²) >= 11 is 0. The van der Waals surface area contributed by atoms with E-state index < -0.39 is 0 Å². The summed E-state index contributed by atoms with van der Waals surface area (Å²) in [4.78, 5) is 11.2. The number of rotatable bonds is 13. The van der Waals surface area contributed by atoms with Crippen LogP contribution in [0.15, 0.2) is 0 Å². The summed E-state index contributed by atoms with van der Waals surface area (Å²) in [5, 5.41) is 3.12. The maximum atomic E-state index is 11.2. The largest absolute Gasteiger partial charge is 0.354 e. The Labute approximate surface area is 120 Å². The summed E-state index contributed by atoms with van der Waals surface area (Å²) in [7, 11) is 0. The lowest BCUT2D eigenvalue weighted by Crippen LogP contribution is -2.32. The minimum atomic E-state index is 0.132. The van der Waals surface area contributed by atoms with Gasteiger partial charge >= 0.3 is 0 Å². The summed E-state index contributed by atoms with van der Waals surface area (Å²) in [6.45, 7) is 6.13. The summed E-state index contributed by atoms with van der Waals surface area (Å²) in [5.74, 6) is 0.132. The van der Waals surface area contributed by atoms with Crippen molar-refractivity contribution in [3.8, 4) is 0 Å². The van der Waals surface area contributed by atoms with Gasteiger partial charge in [0.1, 0.15) is 0 Å². The molecule has 19 heavy (non-hydrogen) atoms. The molecule has 0 saturated heterocycles. The van der Waals surface area contributed by atoms with Gasteiger partial charge in [0, 0.05) is 13.0 Å². The van der Waals surface area contributed by atoms with Crippen LogP contribution in [0, 0.1) is 0 Å². The average Bonchev–Trinajstić information content (AvgIpc) is 2.37. The number of amides is 1. The normalized spacial score (nSPS) is 10.9. The molecule has 0 aliphatic rings. The quantitative estimate of drug-likeness (QED) is 0.457. The second-order valence-corrected chi connectivity index (χ2v) is 5.80. The van der Waals surface area contributed by atoms with Crippen molar-refractivity contribution >= 4 is 5.91 Å². The molecule has 1 amide bonds. The van der Waals surface area contributed by atoms with E-state index in [1.54, 1.807) is 6.92 Å². The van der Waals surface area contributed by atoms with Gasteiger partial charge < -0.3 is 5.32 Å². The highest BCUT2D eigenvalue weighted by molar-refractivity contribution is 5.73. The molecule has 1 N–H and O–H groups in total. The van der Waals surface area contributed by atoms with Crippen LogP contribution < -0.4 is 5.32 Å². The van der Waals surface area contributed by atoms with Crippen LogP contribution in [0.1, 0.15) is 97.8 Å². The smallest absolute Gasteiger partial charge is 0.217 e. The van der Waals surface area contributed by atoms with Gasteiger partial charge in [-0.25, -0.2) is 0 Å². The van der Waals surface area contributed by atoms with Crippen LogP contribution >= 0.6 is 0 Å². The van der Waals surface area contributed by atoms with Gasteiger partial charge in [0.15, 0.2) is 0 Å². The minimum Gasteiger partial charge on any atom is -0.354 e. The summed E-state index contributed by atoms with van der Waals surface area (Å²) < 4.78 is 0. The molecule has 0 aromatic heterocycles. The third kappa shape index (κ3) is 13.7. The molecule has 0 rings (SSSR count). The molecule has 0 heterocycles. The van der Waals surface area contributed by atoms with E-state index >= 15 is 0 Å². The van der Waals surface area contributed by atoms with Crippen molar-refractivity contribution < 1.29 is 4.79 Å². The Kier molecular flexibility index (Phi) is 13.5. The SMILES string of the molecule is CCCCCCCC(CCCCCCC)NC(C)=O. The Hall–Kier alpha value is -0.530. The standard InChI is InChI=1S/C17H35NO/c1-4-6-8-10-12-14-17(18-16(3)19)15-13-11-9-7-5-2/h17H,4-15H2,1-3H3,(H,18,19). The number of hydrogen-bond donors (Lipinski definition) is 1. The first-order chi connectivity index (χ1) is 9.20. The third-order valence-electron chi connectivity index (χ3n) is 3.72. The fourth-order valence-electron chi connectivity index (χ4n) is 2.56. The van der Waals surface area contributed by atoms with Crippen LogP contribution in [0.25, 0.3) is 0 Å². The zero-order chi connectivity index (χ0) is 14.3. The highest BCUT2D eigenvalue weighted by Crippen LogP contribution is 2.13. The first kappa shape index (κ1) is 18.5. The number of unbranched alkanes of at least 4 members (excludes halogenated alkanes) is 8. The van der Waals surface area contributed by atoms with Crippen LogP contribution in [0.2, 0.25) is 0 Å². The fourth-order valence-corrected chi connectivity index (χ4v) is 2.56. The molecular weight excluding hydrogens is 234 g/mol. The van der Waals surface area contributed by atoms with Gasteiger partial charge in [-0.2, -0.15) is 0 Å². The van der Waals surface area contributed by atoms with E-state index in [2.05, 4.69) is 19.2 Å². The number of nitrogens with one attached hydrogen (secondary N) is 1. The van der Waals surface area contributed by atoms with Crippen molar-refractivity contribution in [3.63, 3.8) is 0 Å². The van der Waals surface area contributed by atoms with Crippen molar-refractivity contribution in [2.45, 2.75) is 104 Å². The topological polar surface area (TPSA) is 29.1 Å². The second-order valence-electron chi connectivity index (χ2n) is 5.80. The molecule has 114 valence electrons. The molecule has 0 bridgehead atoms. The van der Waals surface area contributed by atoms with E-state index in [1.807, 2.05) is 0 Å². The van der Waals surface area contributed by atoms with E-state index in [-0.39, 0.29) is 5.91 Å². The number of carbonyl (C=O) groups is 1. The molecule has 0 spiro atoms. The van der Waals surface area contributed by atoms with Crippen LogP contribution in [0.3, 0.4) is 0 Å². The summed E-state index contributed by atoms with van der Waals surface area (Å²) in [5.41, 5.74) is 0. The van der Waals surface area contributed by atoms with E-state index in [9.17, 15) is 4.79 Å². The highest BCUT2D eigenvalue weighted by atomic mass is 16.1. The van der Waals surface area contributed by atoms with Crippen LogP contribution in [0.4, 0.5) is 0 Å². The molecule has 0 radical (unpaired) electrons. The molecule has 0 fully saturated rings. The van der Waals surface area contributed by atoms with Crippen molar-refractivity contribution in [2.75, 3.05) is 0 Å². The first-order valence-electron chi connectivity index (χ1n) is 8.47. The van der Waals surface area contributed by atoms with E-state index in [0.29, 0.717) is 6.04 Å². The molecule has 0 unspecified atom stereocenters. The maximum absolute atomic E-state index is 11.2. The summed E-state index contributed by atoms with van der Waals surface area (Å²) in [6, 6.07) is 0.417.